The van der Waals surface area contributed by atoms with Gasteiger partial charge in [0.2, 0.25) is 0 Å². The van der Waals surface area contributed by atoms with Crippen LogP contribution in [-0.4, -0.2) is 46.9 Å². The Balaban J connectivity index is 1.57. The number of hydrogen-bond donors (Lipinski definition) is 1. The predicted octanol–water partition coefficient (Wildman–Crippen LogP) is 1.94. The Bertz CT molecular complexity index is 1080. The van der Waals surface area contributed by atoms with Crippen LogP contribution in [0.3, 0.4) is 0 Å². The molecule has 0 radical (unpaired) electrons. The molecule has 0 saturated carbocycles. The summed E-state index contributed by atoms with van der Waals surface area (Å²) < 4.78 is 16.2. The number of H-pyrrole nitrogens is 1. The van der Waals surface area contributed by atoms with Gasteiger partial charge >= 0.3 is 0 Å². The Morgan fingerprint density at radius 2 is 2.19 bits per heavy atom. The molecule has 2 aliphatic rings. The Labute approximate surface area is 153 Å². The van der Waals surface area contributed by atoms with Crippen molar-refractivity contribution in [2.75, 3.05) is 18.8 Å². The number of hydrogen-bond acceptors (Lipinski definition) is 4. The molecule has 1 aliphatic carbocycles. The van der Waals surface area contributed by atoms with E-state index in [9.17, 15) is 9.47 Å². The van der Waals surface area contributed by atoms with Crippen LogP contribution in [0.2, 0.25) is 0 Å². The summed E-state index contributed by atoms with van der Waals surface area (Å²) in [7, 11) is -0.962. The first-order chi connectivity index (χ1) is 12.6. The van der Waals surface area contributed by atoms with Gasteiger partial charge in [-0.15, -0.1) is 0 Å². The lowest BCUT2D eigenvalue weighted by Gasteiger charge is -2.49. The van der Waals surface area contributed by atoms with Gasteiger partial charge in [0.15, 0.2) is 0 Å². The Morgan fingerprint density at radius 1 is 1.35 bits per heavy atom. The molecular formula is C18H18N6OS. The number of nitrogens with zero attached hydrogens (tertiary/aromatic N) is 5. The van der Waals surface area contributed by atoms with Crippen LogP contribution < -0.4 is 0 Å². The standard InChI is InChI=1S/C18H18N6OS/c1-2-26(25)24-9-18(10-24,3-4-19)23-7-13-5-12-6-20-17-15(12)16(14(13)8-23)21-11-22-17/h6-8,11H,2-3,5,9-10H2,1H3,(H,20,21,22). The zero-order valence-corrected chi connectivity index (χ0v) is 15.2. The summed E-state index contributed by atoms with van der Waals surface area (Å²) in [5.41, 5.74) is 5.04. The number of fused-ring (bicyclic) bond motifs is 2. The molecule has 132 valence electrons. The molecule has 1 saturated heterocycles. The summed E-state index contributed by atoms with van der Waals surface area (Å²) in [6.45, 7) is 3.20. The quantitative estimate of drug-likeness (QED) is 0.597. The highest BCUT2D eigenvalue weighted by Gasteiger charge is 2.47. The zero-order valence-electron chi connectivity index (χ0n) is 14.4. The van der Waals surface area contributed by atoms with Gasteiger partial charge in [0, 0.05) is 54.8 Å². The first kappa shape index (κ1) is 15.7. The zero-order chi connectivity index (χ0) is 17.9. The van der Waals surface area contributed by atoms with Crippen molar-refractivity contribution in [3.63, 3.8) is 0 Å². The highest BCUT2D eigenvalue weighted by Crippen LogP contribution is 2.41. The number of rotatable bonds is 4. The molecule has 8 heteroatoms. The van der Waals surface area contributed by atoms with Crippen LogP contribution in [0, 0.1) is 11.3 Å². The lowest BCUT2D eigenvalue weighted by Crippen LogP contribution is -2.62. The van der Waals surface area contributed by atoms with E-state index in [2.05, 4.69) is 38.0 Å². The third kappa shape index (κ3) is 2.04. The molecule has 7 nitrogen and oxygen atoms in total. The van der Waals surface area contributed by atoms with Crippen molar-refractivity contribution in [1.29, 1.82) is 5.26 Å². The molecule has 0 amide bonds. The first-order valence-electron chi connectivity index (χ1n) is 8.68. The van der Waals surface area contributed by atoms with Gasteiger partial charge in [0.25, 0.3) is 0 Å². The van der Waals surface area contributed by atoms with Crippen molar-refractivity contribution in [3.05, 3.63) is 36.0 Å². The Hall–Kier alpha value is -2.50. The molecule has 1 unspecified atom stereocenters. The summed E-state index contributed by atoms with van der Waals surface area (Å²) in [5, 5.41) is 10.5. The molecule has 5 rings (SSSR count). The lowest BCUT2D eigenvalue weighted by atomic mass is 9.89. The number of aromatic nitrogens is 4. The second-order valence-corrected chi connectivity index (χ2v) is 8.75. The van der Waals surface area contributed by atoms with Crippen LogP contribution in [0.25, 0.3) is 22.3 Å². The van der Waals surface area contributed by atoms with Gasteiger partial charge in [0.05, 0.1) is 34.7 Å². The molecule has 26 heavy (non-hydrogen) atoms. The summed E-state index contributed by atoms with van der Waals surface area (Å²) in [5.74, 6) is 0.610. The summed E-state index contributed by atoms with van der Waals surface area (Å²) in [4.78, 5) is 12.1. The molecule has 1 atom stereocenters. The van der Waals surface area contributed by atoms with Gasteiger partial charge in [0.1, 0.15) is 12.0 Å². The molecule has 1 aliphatic heterocycles. The highest BCUT2D eigenvalue weighted by molar-refractivity contribution is 7.82. The minimum Gasteiger partial charge on any atom is -0.346 e. The first-order valence-corrected chi connectivity index (χ1v) is 9.96. The van der Waals surface area contributed by atoms with Crippen molar-refractivity contribution in [2.24, 2.45) is 0 Å². The summed E-state index contributed by atoms with van der Waals surface area (Å²) in [6.07, 6.45) is 9.08. The molecule has 1 fully saturated rings. The molecule has 0 spiro atoms. The fourth-order valence-corrected chi connectivity index (χ4v) is 5.28. The van der Waals surface area contributed by atoms with Gasteiger partial charge in [-0.3, -0.25) is 0 Å². The second kappa shape index (κ2) is 5.50. The third-order valence-corrected chi connectivity index (χ3v) is 6.86. The molecule has 0 bridgehead atoms. The molecule has 0 aromatic carbocycles. The van der Waals surface area contributed by atoms with Crippen LogP contribution in [0.4, 0.5) is 0 Å². The maximum absolute atomic E-state index is 12.1. The maximum Gasteiger partial charge on any atom is 0.141 e. The van der Waals surface area contributed by atoms with Gasteiger partial charge in [-0.05, 0) is 11.1 Å². The van der Waals surface area contributed by atoms with Crippen molar-refractivity contribution in [2.45, 2.75) is 25.3 Å². The summed E-state index contributed by atoms with van der Waals surface area (Å²) >= 11 is 0. The average molecular weight is 366 g/mol. The normalized spacial score (nSPS) is 18.9. The van der Waals surface area contributed by atoms with Crippen LogP contribution in [-0.2, 0) is 22.9 Å². The SMILES string of the molecule is CCS(=O)N1CC(CC#N)(n2cc3c(c2)-c2ncnc4[nH]cc(c24)C3)C1. The second-order valence-electron chi connectivity index (χ2n) is 7.01. The van der Waals surface area contributed by atoms with E-state index < -0.39 is 11.0 Å². The van der Waals surface area contributed by atoms with Crippen LogP contribution in [0.1, 0.15) is 24.5 Å². The lowest BCUT2D eigenvalue weighted by molar-refractivity contribution is 0.0901. The molecule has 3 aromatic heterocycles. The van der Waals surface area contributed by atoms with E-state index in [-0.39, 0.29) is 5.54 Å². The largest absolute Gasteiger partial charge is 0.346 e. The highest BCUT2D eigenvalue weighted by atomic mass is 32.2. The van der Waals surface area contributed by atoms with Crippen molar-refractivity contribution >= 4 is 22.0 Å². The fraction of sp³-hybridized carbons (Fsp3) is 0.389. The third-order valence-electron chi connectivity index (χ3n) is 5.53. The van der Waals surface area contributed by atoms with Crippen LogP contribution >= 0.6 is 0 Å². The number of aromatic amines is 1. The van der Waals surface area contributed by atoms with Crippen LogP contribution in [0.15, 0.2) is 24.9 Å². The molecule has 4 heterocycles. The van der Waals surface area contributed by atoms with E-state index in [4.69, 9.17) is 0 Å². The smallest absolute Gasteiger partial charge is 0.141 e. The minimum absolute atomic E-state index is 0.306. The predicted molar refractivity (Wildman–Crippen MR) is 98.6 cm³/mol. The summed E-state index contributed by atoms with van der Waals surface area (Å²) in [6, 6.07) is 2.32. The van der Waals surface area contributed by atoms with Crippen LogP contribution in [0.5, 0.6) is 0 Å². The van der Waals surface area contributed by atoms with Gasteiger partial charge in [-0.25, -0.2) is 18.5 Å². The minimum atomic E-state index is -0.962. The van der Waals surface area contributed by atoms with E-state index in [1.165, 1.54) is 11.1 Å². The number of nitrogens with one attached hydrogen (secondary N) is 1. The topological polar surface area (TPSA) is 90.6 Å². The van der Waals surface area contributed by atoms with E-state index >= 15 is 0 Å². The monoisotopic (exact) mass is 366 g/mol. The van der Waals surface area contributed by atoms with E-state index in [0.717, 1.165) is 28.7 Å². The molecule has 1 N–H and O–H groups in total. The van der Waals surface area contributed by atoms with E-state index in [1.54, 1.807) is 6.33 Å². The molecule has 3 aromatic rings. The van der Waals surface area contributed by atoms with Gasteiger partial charge in [-0.1, -0.05) is 6.92 Å². The Morgan fingerprint density at radius 3 is 2.96 bits per heavy atom. The van der Waals surface area contributed by atoms with Gasteiger partial charge < -0.3 is 9.55 Å². The molecular weight excluding hydrogens is 348 g/mol. The average Bonchev–Trinajstić information content (AvgIpc) is 3.23. The fourth-order valence-electron chi connectivity index (χ4n) is 4.15. The van der Waals surface area contributed by atoms with Crippen molar-refractivity contribution in [3.8, 4) is 17.3 Å². The van der Waals surface area contributed by atoms with E-state index in [0.29, 0.717) is 25.3 Å². The maximum atomic E-state index is 12.1. The number of nitriles is 1. The van der Waals surface area contributed by atoms with E-state index in [1.807, 2.05) is 17.4 Å². The van der Waals surface area contributed by atoms with Crippen molar-refractivity contribution in [1.82, 2.24) is 23.8 Å². The Kier molecular flexibility index (Phi) is 3.33. The van der Waals surface area contributed by atoms with Gasteiger partial charge in [-0.2, -0.15) is 5.26 Å². The van der Waals surface area contributed by atoms with Crippen molar-refractivity contribution < 1.29 is 4.21 Å².